The minimum absolute atomic E-state index is 0.299. The molecular weight excluding hydrogens is 236 g/mol. The molecule has 0 amide bonds. The molecule has 0 atom stereocenters. The highest BCUT2D eigenvalue weighted by atomic mass is 32.1. The summed E-state index contributed by atoms with van der Waals surface area (Å²) in [7, 11) is 1.39. The highest BCUT2D eigenvalue weighted by Gasteiger charge is 2.18. The number of hydrogen-bond donors (Lipinski definition) is 1. The predicted molar refractivity (Wildman–Crippen MR) is 68.6 cm³/mol. The second-order valence-electron chi connectivity index (χ2n) is 4.44. The molecule has 0 aromatic carbocycles. The molecule has 4 nitrogen and oxygen atoms in total. The lowest BCUT2D eigenvalue weighted by Crippen LogP contribution is -2.15. The largest absolute Gasteiger partial charge is 0.465 e. The smallest absolute Gasteiger partial charge is 0.350 e. The number of methoxy groups -OCH3 is 1. The number of esters is 1. The molecule has 5 heteroatoms. The first-order valence-electron chi connectivity index (χ1n) is 6.00. The Morgan fingerprint density at radius 2 is 2.35 bits per heavy atom. The van der Waals surface area contributed by atoms with E-state index in [1.54, 1.807) is 0 Å². The Bertz CT molecular complexity index is 399. The van der Waals surface area contributed by atoms with Gasteiger partial charge >= 0.3 is 5.97 Å². The first kappa shape index (κ1) is 12.4. The Hall–Kier alpha value is -1.10. The van der Waals surface area contributed by atoms with Crippen LogP contribution in [0.5, 0.6) is 0 Å². The van der Waals surface area contributed by atoms with Gasteiger partial charge in [0, 0.05) is 6.54 Å². The molecule has 0 radical (unpaired) electrons. The standard InChI is InChI=1S/C12H18N2O2S/c1-8-10(11(15)16-2)17-12(14-8)13-7-6-9-4-3-5-9/h9H,3-7H2,1-2H3,(H,13,14). The van der Waals surface area contributed by atoms with Crippen molar-refractivity contribution in [1.82, 2.24) is 4.98 Å². The molecule has 1 saturated carbocycles. The molecule has 0 unspecified atom stereocenters. The molecule has 17 heavy (non-hydrogen) atoms. The van der Waals surface area contributed by atoms with Crippen LogP contribution in [0.4, 0.5) is 5.13 Å². The molecule has 1 aliphatic rings. The van der Waals surface area contributed by atoms with Gasteiger partial charge < -0.3 is 10.1 Å². The third-order valence-corrected chi connectivity index (χ3v) is 4.32. The Kier molecular flexibility index (Phi) is 3.99. The van der Waals surface area contributed by atoms with Crippen LogP contribution >= 0.6 is 11.3 Å². The monoisotopic (exact) mass is 254 g/mol. The third kappa shape index (κ3) is 2.97. The van der Waals surface area contributed by atoms with E-state index in [4.69, 9.17) is 4.74 Å². The van der Waals surface area contributed by atoms with E-state index in [0.29, 0.717) is 4.88 Å². The summed E-state index contributed by atoms with van der Waals surface area (Å²) in [4.78, 5) is 16.3. The number of carbonyl (C=O) groups excluding carboxylic acids is 1. The number of ether oxygens (including phenoxy) is 1. The molecule has 0 bridgehead atoms. The van der Waals surface area contributed by atoms with Gasteiger partial charge in [-0.3, -0.25) is 0 Å². The van der Waals surface area contributed by atoms with Crippen molar-refractivity contribution in [1.29, 1.82) is 0 Å². The Labute approximate surface area is 105 Å². The van der Waals surface area contributed by atoms with Gasteiger partial charge in [0.25, 0.3) is 0 Å². The van der Waals surface area contributed by atoms with Gasteiger partial charge in [-0.05, 0) is 19.3 Å². The summed E-state index contributed by atoms with van der Waals surface area (Å²) in [5, 5.41) is 4.11. The number of thiazole rings is 1. The number of rotatable bonds is 5. The van der Waals surface area contributed by atoms with Gasteiger partial charge in [0.1, 0.15) is 4.88 Å². The fraction of sp³-hybridized carbons (Fsp3) is 0.667. The normalized spacial score (nSPS) is 15.4. The van der Waals surface area contributed by atoms with Gasteiger partial charge in [0.15, 0.2) is 5.13 Å². The second kappa shape index (κ2) is 5.49. The number of aryl methyl sites for hydroxylation is 1. The summed E-state index contributed by atoms with van der Waals surface area (Å²) < 4.78 is 4.70. The zero-order chi connectivity index (χ0) is 12.3. The lowest BCUT2D eigenvalue weighted by molar-refractivity contribution is 0.0605. The van der Waals surface area contributed by atoms with Crippen molar-refractivity contribution in [3.8, 4) is 0 Å². The number of aromatic nitrogens is 1. The van der Waals surface area contributed by atoms with E-state index in [1.807, 2.05) is 6.92 Å². The summed E-state index contributed by atoms with van der Waals surface area (Å²) in [6.45, 7) is 2.78. The fourth-order valence-electron chi connectivity index (χ4n) is 1.92. The van der Waals surface area contributed by atoms with Crippen molar-refractivity contribution in [2.45, 2.75) is 32.6 Å². The van der Waals surface area contributed by atoms with Crippen LogP contribution in [0.25, 0.3) is 0 Å². The number of nitrogens with one attached hydrogen (secondary N) is 1. The van der Waals surface area contributed by atoms with Gasteiger partial charge in [-0.2, -0.15) is 0 Å². The Morgan fingerprint density at radius 3 is 2.94 bits per heavy atom. The van der Waals surface area contributed by atoms with E-state index in [9.17, 15) is 4.79 Å². The summed E-state index contributed by atoms with van der Waals surface area (Å²) in [5.74, 6) is 0.593. The number of hydrogen-bond acceptors (Lipinski definition) is 5. The topological polar surface area (TPSA) is 51.2 Å². The van der Waals surface area contributed by atoms with E-state index in [-0.39, 0.29) is 5.97 Å². The highest BCUT2D eigenvalue weighted by molar-refractivity contribution is 7.17. The molecule has 1 fully saturated rings. The molecule has 94 valence electrons. The van der Waals surface area contributed by atoms with Crippen LogP contribution in [-0.2, 0) is 4.74 Å². The zero-order valence-electron chi connectivity index (χ0n) is 10.3. The molecule has 0 saturated heterocycles. The van der Waals surface area contributed by atoms with Crippen molar-refractivity contribution in [3.05, 3.63) is 10.6 Å². The second-order valence-corrected chi connectivity index (χ2v) is 5.44. The molecule has 1 aromatic heterocycles. The summed E-state index contributed by atoms with van der Waals surface area (Å²) >= 11 is 1.37. The molecule has 1 heterocycles. The van der Waals surface area contributed by atoms with Crippen molar-refractivity contribution >= 4 is 22.4 Å². The van der Waals surface area contributed by atoms with Gasteiger partial charge in [0.2, 0.25) is 0 Å². The number of anilines is 1. The van der Waals surface area contributed by atoms with Crippen LogP contribution in [-0.4, -0.2) is 24.6 Å². The van der Waals surface area contributed by atoms with Gasteiger partial charge in [0.05, 0.1) is 12.8 Å². The van der Waals surface area contributed by atoms with E-state index in [1.165, 1.54) is 44.1 Å². The lowest BCUT2D eigenvalue weighted by Gasteiger charge is -2.24. The van der Waals surface area contributed by atoms with Gasteiger partial charge in [-0.15, -0.1) is 0 Å². The van der Waals surface area contributed by atoms with Crippen molar-refractivity contribution < 1.29 is 9.53 Å². The molecular formula is C12H18N2O2S. The minimum atomic E-state index is -0.299. The minimum Gasteiger partial charge on any atom is -0.465 e. The van der Waals surface area contributed by atoms with Gasteiger partial charge in [-0.25, -0.2) is 9.78 Å². The number of carbonyl (C=O) groups is 1. The fourth-order valence-corrected chi connectivity index (χ4v) is 2.83. The maximum atomic E-state index is 11.4. The maximum absolute atomic E-state index is 11.4. The van der Waals surface area contributed by atoms with Crippen molar-refractivity contribution in [2.75, 3.05) is 19.0 Å². The van der Waals surface area contributed by atoms with Crippen LogP contribution < -0.4 is 5.32 Å². The average molecular weight is 254 g/mol. The quantitative estimate of drug-likeness (QED) is 0.821. The summed E-state index contributed by atoms with van der Waals surface area (Å²) in [5.41, 5.74) is 0.744. The van der Waals surface area contributed by atoms with E-state index >= 15 is 0 Å². The Morgan fingerprint density at radius 1 is 1.59 bits per heavy atom. The van der Waals surface area contributed by atoms with Crippen molar-refractivity contribution in [2.24, 2.45) is 5.92 Å². The number of nitrogens with zero attached hydrogens (tertiary/aromatic N) is 1. The Balaban J connectivity index is 1.85. The molecule has 0 aliphatic heterocycles. The van der Waals surface area contributed by atoms with Crippen LogP contribution in [0.2, 0.25) is 0 Å². The van der Waals surface area contributed by atoms with Gasteiger partial charge in [-0.1, -0.05) is 30.6 Å². The zero-order valence-corrected chi connectivity index (χ0v) is 11.1. The lowest BCUT2D eigenvalue weighted by atomic mass is 9.83. The first-order valence-corrected chi connectivity index (χ1v) is 6.82. The van der Waals surface area contributed by atoms with Crippen LogP contribution in [0.3, 0.4) is 0 Å². The SMILES string of the molecule is COC(=O)c1sc(NCCC2CCC2)nc1C. The molecule has 0 spiro atoms. The van der Waals surface area contributed by atoms with Crippen LogP contribution in [0, 0.1) is 12.8 Å². The summed E-state index contributed by atoms with van der Waals surface area (Å²) in [6.07, 6.45) is 5.32. The maximum Gasteiger partial charge on any atom is 0.350 e. The molecule has 1 N–H and O–H groups in total. The summed E-state index contributed by atoms with van der Waals surface area (Å²) in [6, 6.07) is 0. The van der Waals surface area contributed by atoms with Crippen molar-refractivity contribution in [3.63, 3.8) is 0 Å². The van der Waals surface area contributed by atoms with Crippen LogP contribution in [0.1, 0.15) is 41.0 Å². The molecule has 2 rings (SSSR count). The van der Waals surface area contributed by atoms with E-state index < -0.39 is 0 Å². The van der Waals surface area contributed by atoms with E-state index in [0.717, 1.165) is 23.3 Å². The highest BCUT2D eigenvalue weighted by Crippen LogP contribution is 2.29. The average Bonchev–Trinajstić information content (AvgIpc) is 2.62. The molecule has 1 aromatic rings. The predicted octanol–water partition coefficient (Wildman–Crippen LogP) is 2.84. The molecule has 1 aliphatic carbocycles. The first-order chi connectivity index (χ1) is 8.20. The third-order valence-electron chi connectivity index (χ3n) is 3.22. The van der Waals surface area contributed by atoms with E-state index in [2.05, 4.69) is 10.3 Å². The van der Waals surface area contributed by atoms with Crippen LogP contribution in [0.15, 0.2) is 0 Å².